The minimum atomic E-state index is -3.52. The third-order valence-electron chi connectivity index (χ3n) is 9.50. The minimum absolute atomic E-state index is 0.651. The van der Waals surface area contributed by atoms with E-state index in [9.17, 15) is 0 Å². The fraction of sp³-hybridized carbons (Fsp3) is 0.105. The molecule has 1 aliphatic heterocycles. The summed E-state index contributed by atoms with van der Waals surface area (Å²) in [5.74, 6) is 2.68. The van der Waals surface area contributed by atoms with Gasteiger partial charge in [-0.1, -0.05) is 66.7 Å². The lowest BCUT2D eigenvalue weighted by molar-refractivity contribution is 0.398. The van der Waals surface area contributed by atoms with Crippen LogP contribution in [-0.2, 0) is 4.57 Å². The van der Waals surface area contributed by atoms with Gasteiger partial charge < -0.3 is 23.5 Å². The number of methoxy groups -OCH3 is 4. The van der Waals surface area contributed by atoms with E-state index in [4.69, 9.17) is 18.9 Å². The molecule has 0 amide bonds. The minimum Gasteiger partial charge on any atom is -0.497 e. The first-order chi connectivity index (χ1) is 21.5. The second kappa shape index (κ2) is 8.78. The largest absolute Gasteiger partial charge is 0.497 e. The molecule has 0 saturated heterocycles. The van der Waals surface area contributed by atoms with Gasteiger partial charge in [0.1, 0.15) is 23.0 Å². The van der Waals surface area contributed by atoms with Crippen LogP contribution in [0.3, 0.4) is 0 Å². The maximum absolute atomic E-state index is 16.6. The monoisotopic (exact) mass is 594 g/mol. The summed E-state index contributed by atoms with van der Waals surface area (Å²) in [4.78, 5) is 0. The highest BCUT2D eigenvalue weighted by molar-refractivity contribution is 7.87. The molecule has 0 spiro atoms. The first kappa shape index (κ1) is 25.5. The SMILES string of the molecule is COc1cc(OC)c2c(c1)c1c3c4c(c5cc(OC)cc(OC)c5c5cccc(c6cccc2c63)c54)P1(=O)c1ccccc1. The number of fused-ring (bicyclic) bond motifs is 7. The van der Waals surface area contributed by atoms with E-state index in [2.05, 4.69) is 36.4 Å². The van der Waals surface area contributed by atoms with Gasteiger partial charge in [-0.25, -0.2) is 0 Å². The summed E-state index contributed by atoms with van der Waals surface area (Å²) in [6.45, 7) is 0. The van der Waals surface area contributed by atoms with Gasteiger partial charge in [0.25, 0.3) is 0 Å². The van der Waals surface area contributed by atoms with Gasteiger partial charge in [-0.15, -0.1) is 0 Å². The molecule has 6 heteroatoms. The van der Waals surface area contributed by atoms with Crippen LogP contribution in [0.25, 0.3) is 64.6 Å². The highest BCUT2D eigenvalue weighted by Gasteiger charge is 2.44. The Kier molecular flexibility index (Phi) is 5.09. The molecule has 0 fully saturated rings. The van der Waals surface area contributed by atoms with E-state index < -0.39 is 7.14 Å². The molecule has 5 nitrogen and oxygen atoms in total. The molecule has 44 heavy (non-hydrogen) atoms. The first-order valence-electron chi connectivity index (χ1n) is 14.5. The Morgan fingerprint density at radius 3 is 1.32 bits per heavy atom. The van der Waals surface area contributed by atoms with Crippen LogP contribution in [0, 0.1) is 0 Å². The highest BCUT2D eigenvalue weighted by atomic mass is 31.2. The topological polar surface area (TPSA) is 54.0 Å². The van der Waals surface area contributed by atoms with E-state index >= 15 is 4.57 Å². The molecule has 0 saturated carbocycles. The maximum Gasteiger partial charge on any atom is 0.173 e. The number of ether oxygens (including phenoxy) is 4. The van der Waals surface area contributed by atoms with Crippen molar-refractivity contribution >= 4 is 87.7 Å². The van der Waals surface area contributed by atoms with Crippen molar-refractivity contribution < 1.29 is 23.5 Å². The average molecular weight is 595 g/mol. The lowest BCUT2D eigenvalue weighted by Crippen LogP contribution is -2.22. The van der Waals surface area contributed by atoms with Crippen LogP contribution in [0.5, 0.6) is 23.0 Å². The third kappa shape index (κ3) is 2.88. The Balaban J connectivity index is 1.71. The van der Waals surface area contributed by atoms with Crippen molar-refractivity contribution in [3.05, 3.63) is 91.0 Å². The molecule has 8 aromatic carbocycles. The van der Waals surface area contributed by atoms with Crippen LogP contribution in [0.2, 0.25) is 0 Å². The van der Waals surface area contributed by atoms with Gasteiger partial charge >= 0.3 is 0 Å². The predicted molar refractivity (Wildman–Crippen MR) is 182 cm³/mol. The zero-order valence-electron chi connectivity index (χ0n) is 24.6. The van der Waals surface area contributed by atoms with Crippen LogP contribution in [0.15, 0.2) is 91.0 Å². The van der Waals surface area contributed by atoms with Gasteiger partial charge in [-0.3, -0.25) is 0 Å². The molecule has 0 unspecified atom stereocenters. The summed E-state index contributed by atoms with van der Waals surface area (Å²) < 4.78 is 40.3. The molecule has 0 atom stereocenters. The molecule has 0 N–H and O–H groups in total. The summed E-state index contributed by atoms with van der Waals surface area (Å²) in [5.41, 5.74) is 0. The van der Waals surface area contributed by atoms with Crippen LogP contribution in [0.1, 0.15) is 0 Å². The molecular weight excluding hydrogens is 567 g/mol. The molecular formula is C38H27O5P. The first-order valence-corrected chi connectivity index (χ1v) is 16.2. The van der Waals surface area contributed by atoms with Crippen molar-refractivity contribution in [2.75, 3.05) is 28.4 Å². The zero-order valence-corrected chi connectivity index (χ0v) is 25.5. The summed E-state index contributed by atoms with van der Waals surface area (Å²) in [5, 5.41) is 14.7. The molecule has 0 radical (unpaired) electrons. The van der Waals surface area contributed by atoms with Crippen LogP contribution >= 0.6 is 7.14 Å². The van der Waals surface area contributed by atoms with Gasteiger partial charge in [-0.2, -0.15) is 0 Å². The highest BCUT2D eigenvalue weighted by Crippen LogP contribution is 2.60. The molecule has 0 bridgehead atoms. The molecule has 1 heterocycles. The Labute approximate surface area is 253 Å². The molecule has 1 aliphatic rings. The maximum atomic E-state index is 16.6. The number of hydrogen-bond donors (Lipinski definition) is 0. The standard InChI is InChI=1S/C38H27O5P/c1-40-20-16-27-31(29(18-20)42-3)25-14-8-12-23-24-13-9-15-26-32-28(17-21(41-2)19-30(32)43-4)38-36(34(24)26)35(33(23)25)37(27)44(38,39)22-10-6-5-7-11-22/h5-19H,1-4H3. The number of hydrogen-bond acceptors (Lipinski definition) is 5. The van der Waals surface area contributed by atoms with Crippen LogP contribution < -0.4 is 34.9 Å². The number of rotatable bonds is 5. The fourth-order valence-corrected chi connectivity index (χ4v) is 11.3. The van der Waals surface area contributed by atoms with Gasteiger partial charge in [-0.05, 0) is 44.5 Å². The quantitative estimate of drug-likeness (QED) is 0.115. The average Bonchev–Trinajstić information content (AvgIpc) is 3.37. The molecule has 9 rings (SSSR count). The summed E-state index contributed by atoms with van der Waals surface area (Å²) in [6, 6.07) is 30.7. The lowest BCUT2D eigenvalue weighted by Gasteiger charge is -2.22. The van der Waals surface area contributed by atoms with E-state index in [1.54, 1.807) is 28.4 Å². The second-order valence-corrected chi connectivity index (χ2v) is 14.0. The van der Waals surface area contributed by atoms with Crippen molar-refractivity contribution in [3.8, 4) is 23.0 Å². The van der Waals surface area contributed by atoms with Crippen molar-refractivity contribution in [2.24, 2.45) is 0 Å². The Morgan fingerprint density at radius 2 is 0.886 bits per heavy atom. The van der Waals surface area contributed by atoms with Gasteiger partial charge in [0.15, 0.2) is 7.14 Å². The summed E-state index contributed by atoms with van der Waals surface area (Å²) in [7, 11) is 3.15. The molecule has 0 aromatic heterocycles. The Bertz CT molecular complexity index is 2410. The van der Waals surface area contributed by atoms with Crippen molar-refractivity contribution in [1.29, 1.82) is 0 Å². The zero-order chi connectivity index (χ0) is 29.9. The van der Waals surface area contributed by atoms with E-state index in [0.29, 0.717) is 23.0 Å². The molecule has 8 aromatic rings. The normalized spacial score (nSPS) is 13.7. The van der Waals surface area contributed by atoms with E-state index in [1.807, 2.05) is 54.6 Å². The van der Waals surface area contributed by atoms with E-state index in [-0.39, 0.29) is 0 Å². The van der Waals surface area contributed by atoms with Crippen molar-refractivity contribution in [1.82, 2.24) is 0 Å². The van der Waals surface area contributed by atoms with Crippen LogP contribution in [0.4, 0.5) is 0 Å². The third-order valence-corrected chi connectivity index (χ3v) is 12.7. The van der Waals surface area contributed by atoms with E-state index in [0.717, 1.165) is 80.5 Å². The fourth-order valence-electron chi connectivity index (χ4n) is 7.83. The summed E-state index contributed by atoms with van der Waals surface area (Å²) in [6.07, 6.45) is 0. The Hall–Kier alpha value is -4.99. The van der Waals surface area contributed by atoms with E-state index in [1.165, 1.54) is 0 Å². The number of benzene rings is 8. The second-order valence-electron chi connectivity index (χ2n) is 11.4. The predicted octanol–water partition coefficient (Wildman–Crippen LogP) is 8.03. The van der Waals surface area contributed by atoms with Crippen LogP contribution in [-0.4, -0.2) is 28.4 Å². The van der Waals surface area contributed by atoms with Gasteiger partial charge in [0.2, 0.25) is 0 Å². The smallest absolute Gasteiger partial charge is 0.173 e. The van der Waals surface area contributed by atoms with Gasteiger partial charge in [0.05, 0.1) is 28.4 Å². The Morgan fingerprint density at radius 1 is 0.432 bits per heavy atom. The molecule has 0 aliphatic carbocycles. The summed E-state index contributed by atoms with van der Waals surface area (Å²) >= 11 is 0. The lowest BCUT2D eigenvalue weighted by atomic mass is 9.85. The van der Waals surface area contributed by atoms with Crippen molar-refractivity contribution in [3.63, 3.8) is 0 Å². The molecule has 214 valence electrons. The van der Waals surface area contributed by atoms with Crippen molar-refractivity contribution in [2.45, 2.75) is 0 Å². The van der Waals surface area contributed by atoms with Gasteiger partial charge in [0, 0.05) is 60.4 Å².